The van der Waals surface area contributed by atoms with Gasteiger partial charge in [-0.25, -0.2) is 0 Å². The van der Waals surface area contributed by atoms with E-state index in [0.717, 1.165) is 64.6 Å². The van der Waals surface area contributed by atoms with Crippen LogP contribution in [-0.4, -0.2) is 75.3 Å². The SMILES string of the molecule is CN=C(NCCCC(=O)NC1CC1)NCC1CN(CC(C)C)CCO1. The Kier molecular flexibility index (Phi) is 8.48. The van der Waals surface area contributed by atoms with Crippen molar-refractivity contribution in [2.45, 2.75) is 51.7 Å². The van der Waals surface area contributed by atoms with Crippen LogP contribution >= 0.6 is 0 Å². The van der Waals surface area contributed by atoms with Gasteiger partial charge in [0.1, 0.15) is 0 Å². The summed E-state index contributed by atoms with van der Waals surface area (Å²) >= 11 is 0. The lowest BCUT2D eigenvalue weighted by Gasteiger charge is -2.34. The average molecular weight is 354 g/mol. The number of aliphatic imine (C=N–C) groups is 1. The highest BCUT2D eigenvalue weighted by Crippen LogP contribution is 2.18. The van der Waals surface area contributed by atoms with Crippen LogP contribution in [0.5, 0.6) is 0 Å². The van der Waals surface area contributed by atoms with Crippen molar-refractivity contribution in [1.82, 2.24) is 20.9 Å². The lowest BCUT2D eigenvalue weighted by Crippen LogP contribution is -2.50. The van der Waals surface area contributed by atoms with Crippen molar-refractivity contribution in [3.8, 4) is 0 Å². The molecule has 0 aromatic heterocycles. The molecule has 1 unspecified atom stereocenters. The first kappa shape index (κ1) is 20.0. The monoisotopic (exact) mass is 353 g/mol. The largest absolute Gasteiger partial charge is 0.374 e. The van der Waals surface area contributed by atoms with Crippen molar-refractivity contribution >= 4 is 11.9 Å². The lowest BCUT2D eigenvalue weighted by molar-refractivity contribution is -0.121. The molecule has 2 aliphatic rings. The minimum Gasteiger partial charge on any atom is -0.374 e. The molecule has 0 spiro atoms. The van der Waals surface area contributed by atoms with E-state index in [1.54, 1.807) is 7.05 Å². The third kappa shape index (κ3) is 8.54. The van der Waals surface area contributed by atoms with Gasteiger partial charge >= 0.3 is 0 Å². The van der Waals surface area contributed by atoms with Gasteiger partial charge in [0.05, 0.1) is 12.7 Å². The van der Waals surface area contributed by atoms with Crippen molar-refractivity contribution in [3.63, 3.8) is 0 Å². The second-order valence-corrected chi connectivity index (χ2v) is 7.47. The fraction of sp³-hybridized carbons (Fsp3) is 0.889. The van der Waals surface area contributed by atoms with E-state index in [4.69, 9.17) is 4.74 Å². The van der Waals surface area contributed by atoms with E-state index in [2.05, 4.69) is 39.7 Å². The van der Waals surface area contributed by atoms with E-state index in [0.29, 0.717) is 18.4 Å². The van der Waals surface area contributed by atoms with Crippen LogP contribution in [-0.2, 0) is 9.53 Å². The van der Waals surface area contributed by atoms with E-state index in [1.807, 2.05) is 0 Å². The summed E-state index contributed by atoms with van der Waals surface area (Å²) in [5.74, 6) is 1.61. The Morgan fingerprint density at radius 2 is 2.12 bits per heavy atom. The molecule has 1 atom stereocenters. The van der Waals surface area contributed by atoms with Gasteiger partial charge in [-0.15, -0.1) is 0 Å². The molecule has 1 saturated heterocycles. The second-order valence-electron chi connectivity index (χ2n) is 7.47. The Balaban J connectivity index is 1.57. The van der Waals surface area contributed by atoms with Gasteiger partial charge in [-0.1, -0.05) is 13.8 Å². The maximum Gasteiger partial charge on any atom is 0.220 e. The van der Waals surface area contributed by atoms with Crippen LogP contribution in [0.4, 0.5) is 0 Å². The molecule has 0 aromatic carbocycles. The number of hydrogen-bond acceptors (Lipinski definition) is 4. The molecule has 2 rings (SSSR count). The normalized spacial score (nSPS) is 22.1. The zero-order chi connectivity index (χ0) is 18.1. The summed E-state index contributed by atoms with van der Waals surface area (Å²) < 4.78 is 5.84. The van der Waals surface area contributed by atoms with Crippen molar-refractivity contribution in [1.29, 1.82) is 0 Å². The molecule has 2 fully saturated rings. The summed E-state index contributed by atoms with van der Waals surface area (Å²) in [7, 11) is 1.77. The predicted octanol–water partition coefficient (Wildman–Crippen LogP) is 0.567. The molecule has 0 aromatic rings. The average Bonchev–Trinajstić information content (AvgIpc) is 3.38. The molecule has 144 valence electrons. The Labute approximate surface area is 152 Å². The van der Waals surface area contributed by atoms with Gasteiger partial charge in [-0.2, -0.15) is 0 Å². The number of carbonyl (C=O) groups is 1. The summed E-state index contributed by atoms with van der Waals surface area (Å²) in [6.07, 6.45) is 3.84. The molecule has 7 nitrogen and oxygen atoms in total. The van der Waals surface area contributed by atoms with Crippen molar-refractivity contribution in [3.05, 3.63) is 0 Å². The number of guanidine groups is 1. The molecular formula is C18H35N5O2. The Morgan fingerprint density at radius 3 is 2.80 bits per heavy atom. The van der Waals surface area contributed by atoms with Crippen LogP contribution in [0.1, 0.15) is 39.5 Å². The zero-order valence-electron chi connectivity index (χ0n) is 16.0. The molecule has 1 amide bonds. The Bertz CT molecular complexity index is 437. The number of rotatable bonds is 9. The fourth-order valence-electron chi connectivity index (χ4n) is 3.00. The van der Waals surface area contributed by atoms with Crippen molar-refractivity contribution < 1.29 is 9.53 Å². The van der Waals surface area contributed by atoms with Gasteiger partial charge in [0.15, 0.2) is 5.96 Å². The number of amides is 1. The summed E-state index contributed by atoms with van der Waals surface area (Å²) in [4.78, 5) is 18.3. The Hall–Kier alpha value is -1.34. The topological polar surface area (TPSA) is 78.0 Å². The zero-order valence-corrected chi connectivity index (χ0v) is 16.0. The van der Waals surface area contributed by atoms with Crippen LogP contribution < -0.4 is 16.0 Å². The summed E-state index contributed by atoms with van der Waals surface area (Å²) in [6, 6.07) is 0.445. The molecule has 7 heteroatoms. The third-order valence-corrected chi connectivity index (χ3v) is 4.38. The Morgan fingerprint density at radius 1 is 1.32 bits per heavy atom. The number of nitrogens with one attached hydrogen (secondary N) is 3. The second kappa shape index (κ2) is 10.6. The number of hydrogen-bond donors (Lipinski definition) is 3. The number of morpholine rings is 1. The highest BCUT2D eigenvalue weighted by molar-refractivity contribution is 5.80. The van der Waals surface area contributed by atoms with Crippen LogP contribution in [0.15, 0.2) is 4.99 Å². The first-order valence-electron chi connectivity index (χ1n) is 9.64. The van der Waals surface area contributed by atoms with Crippen LogP contribution in [0, 0.1) is 5.92 Å². The molecular weight excluding hydrogens is 318 g/mol. The maximum absolute atomic E-state index is 11.6. The molecule has 0 bridgehead atoms. The lowest BCUT2D eigenvalue weighted by atomic mass is 10.2. The van der Waals surface area contributed by atoms with Gasteiger partial charge in [0.2, 0.25) is 5.91 Å². The van der Waals surface area contributed by atoms with E-state index < -0.39 is 0 Å². The molecule has 0 radical (unpaired) electrons. The highest BCUT2D eigenvalue weighted by atomic mass is 16.5. The third-order valence-electron chi connectivity index (χ3n) is 4.38. The minimum atomic E-state index is 0.160. The summed E-state index contributed by atoms with van der Waals surface area (Å²) in [6.45, 7) is 9.88. The van der Waals surface area contributed by atoms with E-state index in [1.165, 1.54) is 0 Å². The van der Waals surface area contributed by atoms with E-state index in [9.17, 15) is 4.79 Å². The van der Waals surface area contributed by atoms with Crippen LogP contribution in [0.25, 0.3) is 0 Å². The first-order valence-corrected chi connectivity index (χ1v) is 9.64. The van der Waals surface area contributed by atoms with Gasteiger partial charge in [0.25, 0.3) is 0 Å². The molecule has 1 aliphatic heterocycles. The molecule has 3 N–H and O–H groups in total. The van der Waals surface area contributed by atoms with Gasteiger partial charge in [0, 0.05) is 52.2 Å². The predicted molar refractivity (Wildman–Crippen MR) is 101 cm³/mol. The number of ether oxygens (including phenoxy) is 1. The molecule has 1 aliphatic carbocycles. The molecule has 1 saturated carbocycles. The van der Waals surface area contributed by atoms with E-state index in [-0.39, 0.29) is 12.0 Å². The van der Waals surface area contributed by atoms with Crippen molar-refractivity contribution in [2.75, 3.05) is 46.4 Å². The standard InChI is InChI=1S/C18H35N5O2/c1-14(2)12-23-9-10-25-16(13-23)11-21-18(19-3)20-8-4-5-17(24)22-15-6-7-15/h14-16H,4-13H2,1-3H3,(H,22,24)(H2,19,20,21). The summed E-state index contributed by atoms with van der Waals surface area (Å²) in [5, 5.41) is 9.60. The number of nitrogens with zero attached hydrogens (tertiary/aromatic N) is 2. The summed E-state index contributed by atoms with van der Waals surface area (Å²) in [5.41, 5.74) is 0. The number of carbonyl (C=O) groups excluding carboxylic acids is 1. The minimum absolute atomic E-state index is 0.160. The molecule has 25 heavy (non-hydrogen) atoms. The van der Waals surface area contributed by atoms with Crippen molar-refractivity contribution in [2.24, 2.45) is 10.9 Å². The first-order chi connectivity index (χ1) is 12.1. The maximum atomic E-state index is 11.6. The van der Waals surface area contributed by atoms with Gasteiger partial charge in [-0.05, 0) is 25.2 Å². The highest BCUT2D eigenvalue weighted by Gasteiger charge is 2.23. The van der Waals surface area contributed by atoms with Gasteiger partial charge < -0.3 is 20.7 Å². The quantitative estimate of drug-likeness (QED) is 0.321. The fourth-order valence-corrected chi connectivity index (χ4v) is 3.00. The van der Waals surface area contributed by atoms with Crippen LogP contribution in [0.2, 0.25) is 0 Å². The smallest absolute Gasteiger partial charge is 0.220 e. The van der Waals surface area contributed by atoms with Crippen LogP contribution in [0.3, 0.4) is 0 Å². The van der Waals surface area contributed by atoms with Gasteiger partial charge in [-0.3, -0.25) is 14.7 Å². The molecule has 1 heterocycles. The van der Waals surface area contributed by atoms with E-state index >= 15 is 0 Å².